The second-order valence-corrected chi connectivity index (χ2v) is 6.26. The zero-order valence-corrected chi connectivity index (χ0v) is 13.8. The van der Waals surface area contributed by atoms with Gasteiger partial charge in [-0.05, 0) is 68.9 Å². The molecule has 1 aliphatic heterocycles. The van der Waals surface area contributed by atoms with E-state index in [1.165, 1.54) is 63.7 Å². The highest BCUT2D eigenvalue weighted by Crippen LogP contribution is 2.28. The van der Waals surface area contributed by atoms with Gasteiger partial charge in [0, 0.05) is 13.7 Å². The first-order valence-corrected chi connectivity index (χ1v) is 8.55. The van der Waals surface area contributed by atoms with E-state index in [1.807, 2.05) is 12.1 Å². The van der Waals surface area contributed by atoms with Gasteiger partial charge in [-0.3, -0.25) is 0 Å². The van der Waals surface area contributed by atoms with Crippen molar-refractivity contribution in [2.75, 3.05) is 33.4 Å². The molecule has 0 aliphatic carbocycles. The molecule has 0 amide bonds. The molecule has 1 heterocycles. The van der Waals surface area contributed by atoms with Gasteiger partial charge in [-0.2, -0.15) is 5.26 Å². The van der Waals surface area contributed by atoms with E-state index in [0.717, 1.165) is 12.2 Å². The van der Waals surface area contributed by atoms with E-state index in [9.17, 15) is 0 Å². The monoisotopic (exact) mass is 300 g/mol. The predicted molar refractivity (Wildman–Crippen MR) is 89.9 cm³/mol. The molecule has 0 spiro atoms. The van der Waals surface area contributed by atoms with Gasteiger partial charge >= 0.3 is 0 Å². The van der Waals surface area contributed by atoms with Crippen molar-refractivity contribution in [2.45, 2.75) is 44.4 Å². The lowest BCUT2D eigenvalue weighted by Crippen LogP contribution is -2.33. The number of hydrogen-bond donors (Lipinski definition) is 0. The molecule has 120 valence electrons. The third-order valence-corrected chi connectivity index (χ3v) is 4.67. The minimum absolute atomic E-state index is 0.672. The Kier molecular flexibility index (Phi) is 7.42. The first-order valence-electron chi connectivity index (χ1n) is 8.55. The van der Waals surface area contributed by atoms with Crippen LogP contribution in [0.1, 0.15) is 55.6 Å². The molecule has 0 N–H and O–H groups in total. The fourth-order valence-corrected chi connectivity index (χ4v) is 3.26. The van der Waals surface area contributed by atoms with Crippen molar-refractivity contribution >= 4 is 0 Å². The number of hydrogen-bond acceptors (Lipinski definition) is 3. The van der Waals surface area contributed by atoms with Gasteiger partial charge in [0.1, 0.15) is 0 Å². The minimum atomic E-state index is 0.672. The van der Waals surface area contributed by atoms with Crippen LogP contribution < -0.4 is 0 Å². The number of benzene rings is 1. The van der Waals surface area contributed by atoms with Gasteiger partial charge in [-0.1, -0.05) is 25.0 Å². The molecule has 1 aliphatic rings. The van der Waals surface area contributed by atoms with Crippen LogP contribution in [-0.2, 0) is 4.74 Å². The van der Waals surface area contributed by atoms with Crippen molar-refractivity contribution in [2.24, 2.45) is 0 Å². The molecule has 0 saturated carbocycles. The van der Waals surface area contributed by atoms with Gasteiger partial charge in [0.2, 0.25) is 0 Å². The van der Waals surface area contributed by atoms with Crippen molar-refractivity contribution in [3.05, 3.63) is 35.4 Å². The molecule has 0 atom stereocenters. The van der Waals surface area contributed by atoms with E-state index < -0.39 is 0 Å². The van der Waals surface area contributed by atoms with E-state index in [0.29, 0.717) is 5.92 Å². The normalized spacial score (nSPS) is 16.5. The number of nitrogens with zero attached hydrogens (tertiary/aromatic N) is 2. The number of rotatable bonds is 8. The van der Waals surface area contributed by atoms with E-state index in [4.69, 9.17) is 10.00 Å². The van der Waals surface area contributed by atoms with Crippen LogP contribution in [0.4, 0.5) is 0 Å². The molecule has 3 heteroatoms. The summed E-state index contributed by atoms with van der Waals surface area (Å²) < 4.78 is 5.08. The summed E-state index contributed by atoms with van der Waals surface area (Å²) in [5, 5.41) is 8.86. The Balaban J connectivity index is 1.64. The number of methoxy groups -OCH3 is 1. The number of ether oxygens (including phenoxy) is 1. The third-order valence-electron chi connectivity index (χ3n) is 4.67. The molecule has 3 nitrogen and oxygen atoms in total. The van der Waals surface area contributed by atoms with Crippen molar-refractivity contribution < 1.29 is 4.74 Å². The second-order valence-electron chi connectivity index (χ2n) is 6.26. The van der Waals surface area contributed by atoms with Crippen molar-refractivity contribution in [1.82, 2.24) is 4.90 Å². The molecule has 0 aromatic heterocycles. The van der Waals surface area contributed by atoms with Crippen LogP contribution in [0, 0.1) is 11.3 Å². The molecule has 1 aromatic carbocycles. The Hall–Kier alpha value is -1.37. The van der Waals surface area contributed by atoms with Crippen molar-refractivity contribution in [3.63, 3.8) is 0 Å². The Morgan fingerprint density at radius 3 is 2.41 bits per heavy atom. The van der Waals surface area contributed by atoms with E-state index in [-0.39, 0.29) is 0 Å². The van der Waals surface area contributed by atoms with E-state index in [2.05, 4.69) is 23.1 Å². The Labute approximate surface area is 134 Å². The van der Waals surface area contributed by atoms with Crippen LogP contribution in [0.5, 0.6) is 0 Å². The van der Waals surface area contributed by atoms with Crippen LogP contribution in [0.25, 0.3) is 0 Å². The molecule has 0 bridgehead atoms. The topological polar surface area (TPSA) is 36.3 Å². The maximum atomic E-state index is 8.86. The Bertz CT molecular complexity index is 455. The highest BCUT2D eigenvalue weighted by molar-refractivity contribution is 5.33. The van der Waals surface area contributed by atoms with Crippen molar-refractivity contribution in [1.29, 1.82) is 5.26 Å². The van der Waals surface area contributed by atoms with E-state index in [1.54, 1.807) is 7.11 Å². The summed E-state index contributed by atoms with van der Waals surface area (Å²) in [6.07, 6.45) is 7.60. The summed E-state index contributed by atoms with van der Waals surface area (Å²) in [5.74, 6) is 0.672. The molecule has 2 rings (SSSR count). The summed E-state index contributed by atoms with van der Waals surface area (Å²) in [6.45, 7) is 4.56. The smallest absolute Gasteiger partial charge is 0.0991 e. The Morgan fingerprint density at radius 2 is 1.77 bits per heavy atom. The van der Waals surface area contributed by atoms with Crippen LogP contribution in [0.2, 0.25) is 0 Å². The van der Waals surface area contributed by atoms with Gasteiger partial charge in [-0.15, -0.1) is 0 Å². The summed E-state index contributed by atoms with van der Waals surface area (Å²) in [4.78, 5) is 2.61. The molecule has 0 unspecified atom stereocenters. The van der Waals surface area contributed by atoms with Crippen molar-refractivity contribution in [3.8, 4) is 6.07 Å². The summed E-state index contributed by atoms with van der Waals surface area (Å²) in [5.41, 5.74) is 2.16. The highest BCUT2D eigenvalue weighted by atomic mass is 16.5. The summed E-state index contributed by atoms with van der Waals surface area (Å²) in [6, 6.07) is 10.3. The number of piperidine rings is 1. The second kappa shape index (κ2) is 9.61. The van der Waals surface area contributed by atoms with Crippen LogP contribution in [0.3, 0.4) is 0 Å². The quantitative estimate of drug-likeness (QED) is 0.682. The third kappa shape index (κ3) is 5.44. The van der Waals surface area contributed by atoms with Crippen LogP contribution >= 0.6 is 0 Å². The van der Waals surface area contributed by atoms with E-state index >= 15 is 0 Å². The highest BCUT2D eigenvalue weighted by Gasteiger charge is 2.20. The molecular weight excluding hydrogens is 272 g/mol. The molecular formula is C19H28N2O. The van der Waals surface area contributed by atoms with Crippen LogP contribution in [0.15, 0.2) is 24.3 Å². The molecule has 1 saturated heterocycles. The van der Waals surface area contributed by atoms with Gasteiger partial charge < -0.3 is 9.64 Å². The molecule has 22 heavy (non-hydrogen) atoms. The van der Waals surface area contributed by atoms with Gasteiger partial charge in [0.05, 0.1) is 11.6 Å². The average Bonchev–Trinajstić information content (AvgIpc) is 2.59. The summed E-state index contributed by atoms with van der Waals surface area (Å²) in [7, 11) is 1.78. The fourth-order valence-electron chi connectivity index (χ4n) is 3.26. The first kappa shape index (κ1) is 17.0. The maximum Gasteiger partial charge on any atom is 0.0991 e. The predicted octanol–water partition coefficient (Wildman–Crippen LogP) is 3.94. The van der Waals surface area contributed by atoms with Crippen LogP contribution in [-0.4, -0.2) is 38.3 Å². The maximum absolute atomic E-state index is 8.86. The standard InChI is InChI=1S/C19H28N2O/c1-22-15-5-3-2-4-12-21-13-10-19(11-14-21)18-8-6-17(16-20)7-9-18/h6-9,19H,2-5,10-15H2,1H3. The largest absolute Gasteiger partial charge is 0.385 e. The number of unbranched alkanes of at least 4 members (excludes halogenated alkanes) is 3. The lowest BCUT2D eigenvalue weighted by atomic mass is 9.89. The molecule has 1 aromatic rings. The first-order chi connectivity index (χ1) is 10.8. The van der Waals surface area contributed by atoms with Gasteiger partial charge in [0.15, 0.2) is 0 Å². The lowest BCUT2D eigenvalue weighted by molar-refractivity contribution is 0.188. The molecule has 1 fully saturated rings. The molecule has 0 radical (unpaired) electrons. The number of likely N-dealkylation sites (tertiary alicyclic amines) is 1. The number of nitriles is 1. The average molecular weight is 300 g/mol. The fraction of sp³-hybridized carbons (Fsp3) is 0.632. The SMILES string of the molecule is COCCCCCCN1CCC(c2ccc(C#N)cc2)CC1. The Morgan fingerprint density at radius 1 is 1.09 bits per heavy atom. The van der Waals surface area contributed by atoms with Gasteiger partial charge in [-0.25, -0.2) is 0 Å². The zero-order chi connectivity index (χ0) is 15.6. The minimum Gasteiger partial charge on any atom is -0.385 e. The van der Waals surface area contributed by atoms with Gasteiger partial charge in [0.25, 0.3) is 0 Å². The summed E-state index contributed by atoms with van der Waals surface area (Å²) >= 11 is 0. The zero-order valence-electron chi connectivity index (χ0n) is 13.8. The lowest BCUT2D eigenvalue weighted by Gasteiger charge is -2.32.